The van der Waals surface area contributed by atoms with Gasteiger partial charge in [-0.2, -0.15) is 0 Å². The largest absolute Gasteiger partial charge is 0.464 e. The highest BCUT2D eigenvalue weighted by molar-refractivity contribution is 7.23. The van der Waals surface area contributed by atoms with E-state index in [1.165, 1.54) is 42.1 Å². The van der Waals surface area contributed by atoms with Crippen molar-refractivity contribution >= 4 is 109 Å². The van der Waals surface area contributed by atoms with Crippen molar-refractivity contribution < 1.29 is 8.83 Å². The predicted molar refractivity (Wildman–Crippen MR) is 263 cm³/mol. The first kappa shape index (κ1) is 36.7. The Balaban J connectivity index is 0.000000129. The van der Waals surface area contributed by atoms with E-state index in [0.29, 0.717) is 11.4 Å². The van der Waals surface area contributed by atoms with Gasteiger partial charge < -0.3 is 8.83 Å². The zero-order valence-electron chi connectivity index (χ0n) is 34.5. The molecule has 0 bridgehead atoms. The van der Waals surface area contributed by atoms with E-state index in [-0.39, 0.29) is 0 Å². The molecule has 6 aromatic carbocycles. The maximum atomic E-state index is 6.49. The van der Waals surface area contributed by atoms with Crippen LogP contribution in [-0.4, -0.2) is 29.1 Å². The second-order valence-electron chi connectivity index (χ2n) is 16.1. The Labute approximate surface area is 372 Å². The van der Waals surface area contributed by atoms with Gasteiger partial charge in [-0.1, -0.05) is 60.7 Å². The van der Waals surface area contributed by atoms with Crippen molar-refractivity contribution in [1.82, 2.24) is 29.1 Å². The van der Waals surface area contributed by atoms with E-state index in [2.05, 4.69) is 154 Å². The highest BCUT2D eigenvalue weighted by Crippen LogP contribution is 2.42. The zero-order valence-corrected chi connectivity index (χ0v) is 36.1. The number of thiophene rings is 2. The first-order chi connectivity index (χ1) is 31.5. The van der Waals surface area contributed by atoms with Gasteiger partial charge in [0.2, 0.25) is 0 Å². The Morgan fingerprint density at radius 2 is 1.16 bits per heavy atom. The number of nitrogens with zero attached hydrogens (tertiary/aromatic N) is 6. The van der Waals surface area contributed by atoms with Crippen LogP contribution in [0.5, 0.6) is 0 Å². The molecule has 8 heterocycles. The maximum absolute atomic E-state index is 6.49. The number of aryl methyl sites for hydroxylation is 2. The number of rotatable bonds is 4. The summed E-state index contributed by atoms with van der Waals surface area (Å²) in [7, 11) is 0. The molecular formula is C54H34N6O2S2. The van der Waals surface area contributed by atoms with Crippen LogP contribution in [0.4, 0.5) is 0 Å². The Morgan fingerprint density at radius 1 is 0.500 bits per heavy atom. The van der Waals surface area contributed by atoms with Gasteiger partial charge >= 0.3 is 0 Å². The summed E-state index contributed by atoms with van der Waals surface area (Å²) in [5.41, 5.74) is 9.65. The summed E-state index contributed by atoms with van der Waals surface area (Å²) < 4.78 is 19.2. The molecule has 0 aliphatic heterocycles. The topological polar surface area (TPSA) is 87.7 Å². The van der Waals surface area contributed by atoms with Gasteiger partial charge in [-0.25, -0.2) is 19.9 Å². The van der Waals surface area contributed by atoms with E-state index in [1.54, 1.807) is 18.7 Å². The molecule has 14 rings (SSSR count). The smallest absolute Gasteiger partial charge is 0.183 e. The van der Waals surface area contributed by atoms with Crippen LogP contribution in [0.25, 0.3) is 120 Å². The third-order valence-corrected chi connectivity index (χ3v) is 14.1. The average molecular weight is 863 g/mol. The highest BCUT2D eigenvalue weighted by Gasteiger charge is 2.21. The first-order valence-electron chi connectivity index (χ1n) is 21.0. The quantitative estimate of drug-likeness (QED) is 0.175. The molecule has 8 nitrogen and oxygen atoms in total. The number of hydrogen-bond acceptors (Lipinski definition) is 8. The minimum atomic E-state index is 0.689. The average Bonchev–Trinajstić information content (AvgIpc) is 4.18. The standard InChI is InChI=1S/C28H19N3O2.C26H15N3S2/c1-16-12-17(2)14-20(13-16)31-23-4-3-10-29-27(23)30-28(31)24-15-19-6-8-21-22(26(19)33-24)7-5-18-9-11-32-25(18)21;1-2-5-18(6-3-1)29-21-7-4-13-27-25(21)28-26(29)22-15-17-9-11-19-20(24(17)31-22)10-8-16-12-14-30-23(16)19/h3-15H,1-2H3;1-15H. The van der Waals surface area contributed by atoms with Crippen LogP contribution in [0, 0.1) is 13.8 Å². The van der Waals surface area contributed by atoms with Crippen molar-refractivity contribution in [3.8, 4) is 33.7 Å². The molecule has 0 N–H and O–H groups in total. The lowest BCUT2D eigenvalue weighted by molar-refractivity contribution is 0.618. The fourth-order valence-electron chi connectivity index (χ4n) is 9.22. The number of aromatic nitrogens is 6. The van der Waals surface area contributed by atoms with Gasteiger partial charge in [-0.05, 0) is 126 Å². The summed E-state index contributed by atoms with van der Waals surface area (Å²) in [5.74, 6) is 2.37. The van der Waals surface area contributed by atoms with E-state index in [0.717, 1.165) is 77.3 Å². The minimum absolute atomic E-state index is 0.689. The number of fused-ring (bicyclic) bond motifs is 12. The molecule has 0 radical (unpaired) electrons. The fourth-order valence-corrected chi connectivity index (χ4v) is 11.3. The van der Waals surface area contributed by atoms with E-state index in [4.69, 9.17) is 18.8 Å². The van der Waals surface area contributed by atoms with Crippen molar-refractivity contribution in [2.24, 2.45) is 0 Å². The molecule has 0 spiro atoms. The number of benzene rings is 6. The molecule has 0 aliphatic carbocycles. The summed E-state index contributed by atoms with van der Waals surface area (Å²) >= 11 is 3.62. The van der Waals surface area contributed by atoms with Crippen molar-refractivity contribution in [3.05, 3.63) is 181 Å². The lowest BCUT2D eigenvalue weighted by atomic mass is 10.1. The number of para-hydroxylation sites is 1. The van der Waals surface area contributed by atoms with E-state index < -0.39 is 0 Å². The Morgan fingerprint density at radius 3 is 1.94 bits per heavy atom. The molecule has 0 amide bonds. The summed E-state index contributed by atoms with van der Waals surface area (Å²) in [6.07, 6.45) is 5.30. The number of hydrogen-bond donors (Lipinski definition) is 0. The van der Waals surface area contributed by atoms with Gasteiger partial charge in [0.25, 0.3) is 0 Å². The summed E-state index contributed by atoms with van der Waals surface area (Å²) in [6.45, 7) is 4.21. The van der Waals surface area contributed by atoms with E-state index >= 15 is 0 Å². The fraction of sp³-hybridized carbons (Fsp3) is 0.0370. The summed E-state index contributed by atoms with van der Waals surface area (Å²) in [6, 6.07) is 50.7. The molecule has 0 atom stereocenters. The molecule has 0 fully saturated rings. The zero-order chi connectivity index (χ0) is 42.5. The van der Waals surface area contributed by atoms with Crippen LogP contribution < -0.4 is 0 Å². The minimum Gasteiger partial charge on any atom is -0.464 e. The van der Waals surface area contributed by atoms with E-state index in [1.807, 2.05) is 53.0 Å². The summed E-state index contributed by atoms with van der Waals surface area (Å²) in [4.78, 5) is 20.0. The summed E-state index contributed by atoms with van der Waals surface area (Å²) in [5, 5.41) is 11.5. The molecule has 14 aromatic rings. The van der Waals surface area contributed by atoms with Gasteiger partial charge in [0.1, 0.15) is 11.2 Å². The number of imidazole rings is 2. The lowest BCUT2D eigenvalue weighted by Crippen LogP contribution is -1.98. The number of pyridine rings is 2. The van der Waals surface area contributed by atoms with Gasteiger partial charge in [0.05, 0.1) is 22.2 Å². The first-order valence-corrected chi connectivity index (χ1v) is 22.7. The van der Waals surface area contributed by atoms with E-state index in [9.17, 15) is 0 Å². The normalized spacial score (nSPS) is 11.9. The van der Waals surface area contributed by atoms with Crippen molar-refractivity contribution in [3.63, 3.8) is 0 Å². The SMILES string of the molecule is Cc1cc(C)cc(-n2c(-c3cc4ccc5c(ccc6ccoc65)c4o3)nc3ncccc32)c1.c1ccc(-n2c(-c3cc4ccc5c(ccc6ccsc65)c4s3)nc3ncccc32)cc1. The molecular weight excluding hydrogens is 829 g/mol. The van der Waals surface area contributed by atoms with Crippen LogP contribution >= 0.6 is 22.7 Å². The monoisotopic (exact) mass is 862 g/mol. The van der Waals surface area contributed by atoms with Gasteiger partial charge in [0.15, 0.2) is 28.7 Å². The molecule has 0 saturated heterocycles. The van der Waals surface area contributed by atoms with Crippen molar-refractivity contribution in [2.75, 3.05) is 0 Å². The number of furan rings is 2. The second-order valence-corrected chi connectivity index (χ2v) is 18.1. The van der Waals surface area contributed by atoms with Crippen molar-refractivity contribution in [1.29, 1.82) is 0 Å². The Bertz CT molecular complexity index is 4110. The molecule has 8 aromatic heterocycles. The van der Waals surface area contributed by atoms with Crippen LogP contribution in [0.1, 0.15) is 11.1 Å². The molecule has 64 heavy (non-hydrogen) atoms. The molecule has 0 aliphatic rings. The van der Waals surface area contributed by atoms with Gasteiger partial charge in [0, 0.05) is 65.5 Å². The lowest BCUT2D eigenvalue weighted by Gasteiger charge is -2.10. The Hall–Kier alpha value is -7.92. The third-order valence-electron chi connectivity index (χ3n) is 12.0. The highest BCUT2D eigenvalue weighted by atomic mass is 32.1. The predicted octanol–water partition coefficient (Wildman–Crippen LogP) is 15.0. The van der Waals surface area contributed by atoms with Crippen LogP contribution in [0.3, 0.4) is 0 Å². The third kappa shape index (κ3) is 5.80. The van der Waals surface area contributed by atoms with Gasteiger partial charge in [-0.15, -0.1) is 22.7 Å². The molecule has 10 heteroatoms. The molecule has 304 valence electrons. The van der Waals surface area contributed by atoms with Crippen LogP contribution in [-0.2, 0) is 0 Å². The second kappa shape index (κ2) is 14.3. The van der Waals surface area contributed by atoms with Crippen LogP contribution in [0.2, 0.25) is 0 Å². The van der Waals surface area contributed by atoms with Crippen LogP contribution in [0.15, 0.2) is 178 Å². The maximum Gasteiger partial charge on any atom is 0.183 e. The Kier molecular flexibility index (Phi) is 8.21. The molecule has 0 unspecified atom stereocenters. The van der Waals surface area contributed by atoms with Gasteiger partial charge in [-0.3, -0.25) is 9.13 Å². The molecule has 0 saturated carbocycles. The van der Waals surface area contributed by atoms with Crippen molar-refractivity contribution in [2.45, 2.75) is 13.8 Å².